The van der Waals surface area contributed by atoms with Crippen LogP contribution in [0.3, 0.4) is 0 Å². The molecule has 27 heavy (non-hydrogen) atoms. The number of aromatic nitrogens is 2. The first kappa shape index (κ1) is 17.2. The van der Waals surface area contributed by atoms with E-state index in [0.717, 1.165) is 12.0 Å². The van der Waals surface area contributed by atoms with E-state index in [2.05, 4.69) is 52.5 Å². The Morgan fingerprint density at radius 1 is 1.11 bits per heavy atom. The third kappa shape index (κ3) is 3.97. The standard InChI is InChI=1S/C22H22N4O/c1-16-5-4-6-17(13-16)14-24-22-23-11-9-20(25-22)21(27)26-12-10-18-7-2-3-8-19(18)15-26/h2-9,11,13H,10,12,14-15H2,1H3,(H,23,24,25). The molecule has 0 radical (unpaired) electrons. The second-order valence-corrected chi connectivity index (χ2v) is 6.85. The van der Waals surface area contributed by atoms with Gasteiger partial charge >= 0.3 is 0 Å². The van der Waals surface area contributed by atoms with E-state index in [0.29, 0.717) is 31.3 Å². The Kier molecular flexibility index (Phi) is 4.83. The molecule has 1 N–H and O–H groups in total. The maximum Gasteiger partial charge on any atom is 0.272 e. The topological polar surface area (TPSA) is 58.1 Å². The number of aryl methyl sites for hydroxylation is 1. The maximum absolute atomic E-state index is 12.9. The third-order valence-corrected chi connectivity index (χ3v) is 4.83. The van der Waals surface area contributed by atoms with Crippen LogP contribution in [-0.4, -0.2) is 27.3 Å². The van der Waals surface area contributed by atoms with Crippen LogP contribution < -0.4 is 5.32 Å². The number of amides is 1. The van der Waals surface area contributed by atoms with Crippen molar-refractivity contribution < 1.29 is 4.79 Å². The highest BCUT2D eigenvalue weighted by atomic mass is 16.2. The van der Waals surface area contributed by atoms with Crippen molar-refractivity contribution in [3.8, 4) is 0 Å². The predicted molar refractivity (Wildman–Crippen MR) is 105 cm³/mol. The molecule has 136 valence electrons. The first-order valence-electron chi connectivity index (χ1n) is 9.17. The lowest BCUT2D eigenvalue weighted by atomic mass is 10.00. The van der Waals surface area contributed by atoms with Crippen molar-refractivity contribution >= 4 is 11.9 Å². The zero-order valence-corrected chi connectivity index (χ0v) is 15.4. The molecule has 0 saturated carbocycles. The van der Waals surface area contributed by atoms with Crippen LogP contribution in [0.4, 0.5) is 5.95 Å². The molecular formula is C22H22N4O. The van der Waals surface area contributed by atoms with Crippen LogP contribution in [0.25, 0.3) is 0 Å². The fraction of sp³-hybridized carbons (Fsp3) is 0.227. The van der Waals surface area contributed by atoms with E-state index in [4.69, 9.17) is 0 Å². The molecule has 1 aliphatic heterocycles. The van der Waals surface area contributed by atoms with Crippen LogP contribution in [0.5, 0.6) is 0 Å². The number of anilines is 1. The Morgan fingerprint density at radius 2 is 1.96 bits per heavy atom. The summed E-state index contributed by atoms with van der Waals surface area (Å²) in [5.41, 5.74) is 5.33. The first-order valence-corrected chi connectivity index (χ1v) is 9.17. The van der Waals surface area contributed by atoms with Crippen LogP contribution >= 0.6 is 0 Å². The lowest BCUT2D eigenvalue weighted by Crippen LogP contribution is -2.36. The number of rotatable bonds is 4. The van der Waals surface area contributed by atoms with Crippen molar-refractivity contribution in [1.82, 2.24) is 14.9 Å². The van der Waals surface area contributed by atoms with Gasteiger partial charge in [-0.25, -0.2) is 9.97 Å². The van der Waals surface area contributed by atoms with Crippen LogP contribution in [0.15, 0.2) is 60.8 Å². The fourth-order valence-corrected chi connectivity index (χ4v) is 3.40. The van der Waals surface area contributed by atoms with Crippen molar-refractivity contribution in [3.63, 3.8) is 0 Å². The zero-order valence-electron chi connectivity index (χ0n) is 15.4. The molecule has 5 nitrogen and oxygen atoms in total. The van der Waals surface area contributed by atoms with Crippen LogP contribution in [0, 0.1) is 6.92 Å². The quantitative estimate of drug-likeness (QED) is 0.774. The van der Waals surface area contributed by atoms with Gasteiger partial charge in [0.1, 0.15) is 5.69 Å². The molecule has 1 aliphatic rings. The van der Waals surface area contributed by atoms with Crippen LogP contribution in [0.1, 0.15) is 32.7 Å². The average Bonchev–Trinajstić information content (AvgIpc) is 2.71. The van der Waals surface area contributed by atoms with E-state index in [-0.39, 0.29) is 5.91 Å². The number of nitrogens with one attached hydrogen (secondary N) is 1. The Bertz CT molecular complexity index is 970. The SMILES string of the molecule is Cc1cccc(CNc2nccc(C(=O)N3CCc4ccccc4C3)n2)c1. The van der Waals surface area contributed by atoms with E-state index < -0.39 is 0 Å². The summed E-state index contributed by atoms with van der Waals surface area (Å²) in [6.45, 7) is 4.03. The number of hydrogen-bond acceptors (Lipinski definition) is 4. The Morgan fingerprint density at radius 3 is 2.81 bits per heavy atom. The van der Waals surface area contributed by atoms with Crippen LogP contribution in [0.2, 0.25) is 0 Å². The van der Waals surface area contributed by atoms with Crippen molar-refractivity contribution in [1.29, 1.82) is 0 Å². The van der Waals surface area contributed by atoms with Crippen molar-refractivity contribution in [2.75, 3.05) is 11.9 Å². The summed E-state index contributed by atoms with van der Waals surface area (Å²) >= 11 is 0. The fourth-order valence-electron chi connectivity index (χ4n) is 3.40. The minimum atomic E-state index is -0.0505. The first-order chi connectivity index (χ1) is 13.2. The Balaban J connectivity index is 1.45. The monoisotopic (exact) mass is 358 g/mol. The number of carbonyl (C=O) groups is 1. The molecule has 1 aromatic heterocycles. The molecule has 3 aromatic rings. The Labute approximate surface area is 159 Å². The predicted octanol–water partition coefficient (Wildman–Crippen LogP) is 3.60. The van der Waals surface area contributed by atoms with E-state index in [1.165, 1.54) is 16.7 Å². The molecule has 0 fully saturated rings. The minimum Gasteiger partial charge on any atom is -0.350 e. The smallest absolute Gasteiger partial charge is 0.272 e. The molecule has 0 bridgehead atoms. The van der Waals surface area contributed by atoms with Gasteiger partial charge in [0.25, 0.3) is 5.91 Å². The number of benzene rings is 2. The second-order valence-electron chi connectivity index (χ2n) is 6.85. The van der Waals surface area contributed by atoms with Gasteiger partial charge in [-0.15, -0.1) is 0 Å². The van der Waals surface area contributed by atoms with Gasteiger partial charge in [-0.2, -0.15) is 0 Å². The maximum atomic E-state index is 12.9. The van der Waals surface area contributed by atoms with Gasteiger partial charge in [0.15, 0.2) is 0 Å². The van der Waals surface area contributed by atoms with Gasteiger partial charge in [0.2, 0.25) is 5.95 Å². The second kappa shape index (κ2) is 7.58. The summed E-state index contributed by atoms with van der Waals surface area (Å²) in [7, 11) is 0. The lowest BCUT2D eigenvalue weighted by molar-refractivity contribution is 0.0728. The van der Waals surface area contributed by atoms with Gasteiger partial charge in [-0.3, -0.25) is 4.79 Å². The molecule has 2 aromatic carbocycles. The molecule has 0 aliphatic carbocycles. The summed E-state index contributed by atoms with van der Waals surface area (Å²) < 4.78 is 0. The summed E-state index contributed by atoms with van der Waals surface area (Å²) in [4.78, 5) is 23.4. The molecule has 4 rings (SSSR count). The number of nitrogens with zero attached hydrogens (tertiary/aromatic N) is 3. The van der Waals surface area contributed by atoms with E-state index >= 15 is 0 Å². The lowest BCUT2D eigenvalue weighted by Gasteiger charge is -2.28. The molecule has 1 amide bonds. The summed E-state index contributed by atoms with van der Waals surface area (Å²) in [6, 6.07) is 18.2. The van der Waals surface area contributed by atoms with Crippen molar-refractivity contribution in [3.05, 3.63) is 88.7 Å². The van der Waals surface area contributed by atoms with Gasteiger partial charge in [-0.05, 0) is 36.1 Å². The van der Waals surface area contributed by atoms with Crippen molar-refractivity contribution in [2.24, 2.45) is 0 Å². The Hall–Kier alpha value is -3.21. The molecule has 0 atom stereocenters. The highest BCUT2D eigenvalue weighted by Crippen LogP contribution is 2.20. The number of fused-ring (bicyclic) bond motifs is 1. The average molecular weight is 358 g/mol. The summed E-state index contributed by atoms with van der Waals surface area (Å²) in [5, 5.41) is 3.21. The minimum absolute atomic E-state index is 0.0505. The third-order valence-electron chi connectivity index (χ3n) is 4.83. The number of hydrogen-bond donors (Lipinski definition) is 1. The van der Waals surface area contributed by atoms with Crippen LogP contribution in [-0.2, 0) is 19.5 Å². The van der Waals surface area contributed by atoms with E-state index in [1.807, 2.05) is 23.1 Å². The van der Waals surface area contributed by atoms with E-state index in [9.17, 15) is 4.79 Å². The molecule has 5 heteroatoms. The highest BCUT2D eigenvalue weighted by molar-refractivity contribution is 5.92. The van der Waals surface area contributed by atoms with Crippen molar-refractivity contribution in [2.45, 2.75) is 26.4 Å². The van der Waals surface area contributed by atoms with Gasteiger partial charge in [0, 0.05) is 25.8 Å². The zero-order chi connectivity index (χ0) is 18.6. The summed E-state index contributed by atoms with van der Waals surface area (Å²) in [6.07, 6.45) is 2.52. The van der Waals surface area contributed by atoms with Gasteiger partial charge in [-0.1, -0.05) is 54.1 Å². The molecule has 0 saturated heterocycles. The normalized spacial score (nSPS) is 13.1. The van der Waals surface area contributed by atoms with E-state index in [1.54, 1.807) is 12.3 Å². The highest BCUT2D eigenvalue weighted by Gasteiger charge is 2.22. The summed E-state index contributed by atoms with van der Waals surface area (Å²) in [5.74, 6) is 0.422. The molecular weight excluding hydrogens is 336 g/mol. The molecule has 0 unspecified atom stereocenters. The molecule has 0 spiro atoms. The van der Waals surface area contributed by atoms with Gasteiger partial charge in [0.05, 0.1) is 0 Å². The number of carbonyl (C=O) groups excluding carboxylic acids is 1. The molecule has 2 heterocycles. The largest absolute Gasteiger partial charge is 0.350 e. The van der Waals surface area contributed by atoms with Gasteiger partial charge < -0.3 is 10.2 Å².